The van der Waals surface area contributed by atoms with Crippen LogP contribution >= 0.6 is 0 Å². The summed E-state index contributed by atoms with van der Waals surface area (Å²) in [7, 11) is 0. The second-order valence-corrected chi connectivity index (χ2v) is 4.45. The first kappa shape index (κ1) is 16.8. The highest BCUT2D eigenvalue weighted by molar-refractivity contribution is 5.89. The topological polar surface area (TPSA) is 78.4 Å². The van der Waals surface area contributed by atoms with E-state index in [-0.39, 0.29) is 18.9 Å². The van der Waals surface area contributed by atoms with E-state index < -0.39 is 35.1 Å². The number of carboxylic acids is 1. The molecule has 0 aliphatic carbocycles. The van der Waals surface area contributed by atoms with Crippen molar-refractivity contribution in [2.45, 2.75) is 19.8 Å². The van der Waals surface area contributed by atoms with E-state index in [1.165, 1.54) is 0 Å². The molecule has 2 amide bonds. The van der Waals surface area contributed by atoms with Crippen LogP contribution in [0.15, 0.2) is 12.1 Å². The minimum absolute atomic E-state index is 0.0407. The highest BCUT2D eigenvalue weighted by Gasteiger charge is 2.16. The fraction of sp³-hybridized carbons (Fsp3) is 0.385. The highest BCUT2D eigenvalue weighted by atomic mass is 19.1. The Morgan fingerprint density at radius 1 is 1.24 bits per heavy atom. The summed E-state index contributed by atoms with van der Waals surface area (Å²) in [5, 5.41) is 12.9. The number of urea groups is 1. The van der Waals surface area contributed by atoms with E-state index in [0.717, 1.165) is 0 Å². The molecule has 0 aromatic heterocycles. The quantitative estimate of drug-likeness (QED) is 0.756. The molecule has 1 aromatic carbocycles. The van der Waals surface area contributed by atoms with Crippen LogP contribution < -0.4 is 10.6 Å². The molecule has 1 atom stereocenters. The second kappa shape index (κ2) is 7.51. The number of anilines is 1. The van der Waals surface area contributed by atoms with Crippen molar-refractivity contribution < 1.29 is 27.9 Å². The number of hydrogen-bond acceptors (Lipinski definition) is 2. The normalized spacial score (nSPS) is 11.8. The molecule has 0 aliphatic rings. The van der Waals surface area contributed by atoms with Gasteiger partial charge in [-0.2, -0.15) is 0 Å². The van der Waals surface area contributed by atoms with Crippen molar-refractivity contribution in [3.05, 3.63) is 29.6 Å². The smallest absolute Gasteiger partial charge is 0.319 e. The van der Waals surface area contributed by atoms with Gasteiger partial charge in [-0.05, 0) is 5.92 Å². The summed E-state index contributed by atoms with van der Waals surface area (Å²) >= 11 is 0. The summed E-state index contributed by atoms with van der Waals surface area (Å²) in [4.78, 5) is 22.1. The number of aliphatic carboxylic acids is 1. The molecule has 3 N–H and O–H groups in total. The third-order valence-electron chi connectivity index (χ3n) is 2.84. The third-order valence-corrected chi connectivity index (χ3v) is 2.84. The first-order valence-electron chi connectivity index (χ1n) is 6.24. The van der Waals surface area contributed by atoms with Crippen LogP contribution in [-0.2, 0) is 4.79 Å². The summed E-state index contributed by atoms with van der Waals surface area (Å²) in [5.74, 6) is -4.86. The van der Waals surface area contributed by atoms with Crippen LogP contribution in [0.4, 0.5) is 23.7 Å². The SMILES string of the molecule is CCC(CNC(=O)Nc1c(F)cc(F)cc1F)CC(=O)O. The maximum Gasteiger partial charge on any atom is 0.319 e. The number of carboxylic acid groups (broad SMARTS) is 1. The molecule has 5 nitrogen and oxygen atoms in total. The van der Waals surface area contributed by atoms with Gasteiger partial charge in [-0.1, -0.05) is 13.3 Å². The van der Waals surface area contributed by atoms with Gasteiger partial charge in [-0.3, -0.25) is 4.79 Å². The molecule has 21 heavy (non-hydrogen) atoms. The molecule has 0 saturated carbocycles. The summed E-state index contributed by atoms with van der Waals surface area (Å²) < 4.78 is 39.3. The molecule has 0 radical (unpaired) electrons. The molecule has 0 aliphatic heterocycles. The molecule has 0 spiro atoms. The number of nitrogens with one attached hydrogen (secondary N) is 2. The zero-order valence-electron chi connectivity index (χ0n) is 11.3. The van der Waals surface area contributed by atoms with Gasteiger partial charge in [0.2, 0.25) is 0 Å². The van der Waals surface area contributed by atoms with Gasteiger partial charge in [0.15, 0.2) is 11.6 Å². The number of benzene rings is 1. The molecular formula is C13H15F3N2O3. The number of rotatable bonds is 6. The first-order valence-corrected chi connectivity index (χ1v) is 6.24. The average Bonchev–Trinajstić information content (AvgIpc) is 2.38. The van der Waals surface area contributed by atoms with Crippen molar-refractivity contribution in [3.8, 4) is 0 Å². The number of carbonyl (C=O) groups excluding carboxylic acids is 1. The van der Waals surface area contributed by atoms with E-state index >= 15 is 0 Å². The lowest BCUT2D eigenvalue weighted by Crippen LogP contribution is -2.34. The van der Waals surface area contributed by atoms with Crippen LogP contribution in [0.1, 0.15) is 19.8 Å². The van der Waals surface area contributed by atoms with Gasteiger partial charge in [0.25, 0.3) is 0 Å². The van der Waals surface area contributed by atoms with Gasteiger partial charge >= 0.3 is 12.0 Å². The fourth-order valence-corrected chi connectivity index (χ4v) is 1.66. The standard InChI is InChI=1S/C13H15F3N2O3/c1-2-7(3-11(19)20)6-17-13(21)18-12-9(15)4-8(14)5-10(12)16/h4-5,7H,2-3,6H2,1H3,(H,19,20)(H2,17,18,21). The first-order chi connectivity index (χ1) is 9.83. The molecule has 8 heteroatoms. The van der Waals surface area contributed by atoms with Crippen LogP contribution in [0.25, 0.3) is 0 Å². The van der Waals surface area contributed by atoms with Crippen molar-refractivity contribution in [1.82, 2.24) is 5.32 Å². The van der Waals surface area contributed by atoms with E-state index in [9.17, 15) is 22.8 Å². The predicted molar refractivity (Wildman–Crippen MR) is 69.4 cm³/mol. The zero-order chi connectivity index (χ0) is 16.0. The Balaban J connectivity index is 2.60. The number of carbonyl (C=O) groups is 2. The Kier molecular flexibility index (Phi) is 6.01. The summed E-state index contributed by atoms with van der Waals surface area (Å²) in [6.45, 7) is 1.80. The van der Waals surface area contributed by atoms with Crippen molar-refractivity contribution in [1.29, 1.82) is 0 Å². The van der Waals surface area contributed by atoms with Gasteiger partial charge in [-0.25, -0.2) is 18.0 Å². The fourth-order valence-electron chi connectivity index (χ4n) is 1.66. The van der Waals surface area contributed by atoms with Crippen molar-refractivity contribution in [2.24, 2.45) is 5.92 Å². The number of halogens is 3. The average molecular weight is 304 g/mol. The predicted octanol–water partition coefficient (Wildman–Crippen LogP) is 2.73. The molecule has 116 valence electrons. The van der Waals surface area contributed by atoms with Crippen LogP contribution in [0.2, 0.25) is 0 Å². The molecule has 0 fully saturated rings. The van der Waals surface area contributed by atoms with E-state index in [4.69, 9.17) is 5.11 Å². The molecule has 0 heterocycles. The lowest BCUT2D eigenvalue weighted by atomic mass is 10.0. The molecular weight excluding hydrogens is 289 g/mol. The molecule has 0 saturated heterocycles. The minimum Gasteiger partial charge on any atom is -0.481 e. The largest absolute Gasteiger partial charge is 0.481 e. The summed E-state index contributed by atoms with van der Waals surface area (Å²) in [5.41, 5.74) is -0.764. The van der Waals surface area contributed by atoms with Crippen molar-refractivity contribution in [2.75, 3.05) is 11.9 Å². The van der Waals surface area contributed by atoms with E-state index in [2.05, 4.69) is 5.32 Å². The van der Waals surface area contributed by atoms with Gasteiger partial charge in [-0.15, -0.1) is 0 Å². The Hall–Kier alpha value is -2.25. The Morgan fingerprint density at radius 2 is 1.81 bits per heavy atom. The Bertz CT molecular complexity index is 514. The van der Waals surface area contributed by atoms with Crippen molar-refractivity contribution in [3.63, 3.8) is 0 Å². The zero-order valence-corrected chi connectivity index (χ0v) is 11.3. The molecule has 1 rings (SSSR count). The van der Waals surface area contributed by atoms with Crippen LogP contribution in [0.3, 0.4) is 0 Å². The van der Waals surface area contributed by atoms with Crippen LogP contribution in [0, 0.1) is 23.4 Å². The minimum atomic E-state index is -1.24. The summed E-state index contributed by atoms with van der Waals surface area (Å²) in [6, 6.07) is -0.0149. The lowest BCUT2D eigenvalue weighted by molar-refractivity contribution is -0.138. The number of hydrogen-bond donors (Lipinski definition) is 3. The van der Waals surface area contributed by atoms with Crippen LogP contribution in [-0.4, -0.2) is 23.7 Å². The number of amides is 2. The highest BCUT2D eigenvalue weighted by Crippen LogP contribution is 2.19. The van der Waals surface area contributed by atoms with E-state index in [1.54, 1.807) is 6.92 Å². The van der Waals surface area contributed by atoms with Gasteiger partial charge in [0.05, 0.1) is 0 Å². The lowest BCUT2D eigenvalue weighted by Gasteiger charge is -2.14. The summed E-state index contributed by atoms with van der Waals surface area (Å²) in [6.07, 6.45) is 0.391. The van der Waals surface area contributed by atoms with E-state index in [1.807, 2.05) is 5.32 Å². The molecule has 0 bridgehead atoms. The van der Waals surface area contributed by atoms with Gasteiger partial charge < -0.3 is 15.7 Å². The Labute approximate surface area is 119 Å². The second-order valence-electron chi connectivity index (χ2n) is 4.45. The van der Waals surface area contributed by atoms with Gasteiger partial charge in [0, 0.05) is 25.1 Å². The maximum atomic E-state index is 13.3. The van der Waals surface area contributed by atoms with Crippen LogP contribution in [0.5, 0.6) is 0 Å². The molecule has 1 aromatic rings. The maximum absolute atomic E-state index is 13.3. The third kappa shape index (κ3) is 5.33. The monoisotopic (exact) mass is 304 g/mol. The van der Waals surface area contributed by atoms with Gasteiger partial charge in [0.1, 0.15) is 11.5 Å². The van der Waals surface area contributed by atoms with E-state index in [0.29, 0.717) is 18.6 Å². The Morgan fingerprint density at radius 3 is 2.29 bits per heavy atom. The van der Waals surface area contributed by atoms with Crippen molar-refractivity contribution >= 4 is 17.7 Å². The molecule has 1 unspecified atom stereocenters.